The Morgan fingerprint density at radius 1 is 1.15 bits per heavy atom. The number of nitrogen functional groups attached to an aromatic ring is 1. The number of benzene rings is 2. The lowest BCUT2D eigenvalue weighted by molar-refractivity contribution is 0.320. The molecule has 0 unspecified atom stereocenters. The highest BCUT2D eigenvalue weighted by molar-refractivity contribution is 8.04. The van der Waals surface area contributed by atoms with E-state index in [4.69, 9.17) is 16.6 Å². The smallest absolute Gasteiger partial charge is 0.264 e. The van der Waals surface area contributed by atoms with Gasteiger partial charge in [-0.15, -0.1) is 0 Å². The number of pyridine rings is 1. The largest absolute Gasteiger partial charge is 0.410 e. The van der Waals surface area contributed by atoms with Crippen molar-refractivity contribution in [3.05, 3.63) is 82.3 Å². The monoisotopic (exact) mass is 478 g/mol. The van der Waals surface area contributed by atoms with Crippen LogP contribution in [0, 0.1) is 10.8 Å². The highest BCUT2D eigenvalue weighted by Gasteiger charge is 2.31. The molecule has 0 aliphatic heterocycles. The van der Waals surface area contributed by atoms with E-state index in [1.165, 1.54) is 42.1 Å². The molecule has 0 saturated carbocycles. The van der Waals surface area contributed by atoms with Crippen molar-refractivity contribution in [2.45, 2.75) is 4.90 Å². The fraction of sp³-hybridized carbons (Fsp3) is 0. The normalized spacial score (nSPS) is 15.3. The average Bonchev–Trinajstić information content (AvgIpc) is 2.81. The first-order chi connectivity index (χ1) is 15.8. The third-order valence-electron chi connectivity index (χ3n) is 4.80. The van der Waals surface area contributed by atoms with Crippen LogP contribution in [-0.4, -0.2) is 36.2 Å². The zero-order valence-electron chi connectivity index (χ0n) is 17.0. The van der Waals surface area contributed by atoms with Gasteiger partial charge in [-0.1, -0.05) is 35.1 Å². The highest BCUT2D eigenvalue weighted by Crippen LogP contribution is 2.35. The lowest BCUT2D eigenvalue weighted by atomic mass is 10.1. The van der Waals surface area contributed by atoms with Crippen LogP contribution < -0.4 is 10.5 Å². The first-order valence-electron chi connectivity index (χ1n) is 9.52. The summed E-state index contributed by atoms with van der Waals surface area (Å²) in [6.07, 6.45) is 5.46. The molecular formula is C22H18N6O3S2. The zero-order valence-corrected chi connectivity index (χ0v) is 18.6. The van der Waals surface area contributed by atoms with Crippen molar-refractivity contribution < 1.29 is 13.6 Å². The van der Waals surface area contributed by atoms with E-state index >= 15 is 0 Å². The van der Waals surface area contributed by atoms with Gasteiger partial charge < -0.3 is 16.4 Å². The lowest BCUT2D eigenvalue weighted by Gasteiger charge is -2.18. The summed E-state index contributed by atoms with van der Waals surface area (Å²) in [6, 6.07) is 13.7. The molecule has 0 fully saturated rings. The van der Waals surface area contributed by atoms with Gasteiger partial charge in [0, 0.05) is 44.5 Å². The number of allylic oxidation sites excluding steroid dienone is 4. The van der Waals surface area contributed by atoms with Crippen molar-refractivity contribution in [2.75, 3.05) is 10.5 Å². The topological polar surface area (TPSA) is 165 Å². The first-order valence-corrected chi connectivity index (χ1v) is 11.8. The summed E-state index contributed by atoms with van der Waals surface area (Å²) in [5.74, 6) is 0. The van der Waals surface area contributed by atoms with E-state index in [1.54, 1.807) is 6.20 Å². The fourth-order valence-corrected chi connectivity index (χ4v) is 5.38. The highest BCUT2D eigenvalue weighted by atomic mass is 32.2. The third-order valence-corrected chi connectivity index (χ3v) is 7.32. The molecule has 0 saturated heterocycles. The number of hydrogen-bond donors (Lipinski definition) is 5. The second kappa shape index (κ2) is 8.88. The maximum absolute atomic E-state index is 13.0. The van der Waals surface area contributed by atoms with Crippen molar-refractivity contribution in [1.29, 1.82) is 10.8 Å². The molecule has 6 N–H and O–H groups in total. The van der Waals surface area contributed by atoms with Crippen molar-refractivity contribution in [2.24, 2.45) is 5.16 Å². The molecule has 0 atom stereocenters. The van der Waals surface area contributed by atoms with Crippen molar-refractivity contribution in [3.63, 3.8) is 0 Å². The van der Waals surface area contributed by atoms with E-state index in [0.717, 1.165) is 22.0 Å². The quantitative estimate of drug-likeness (QED) is 0.118. The van der Waals surface area contributed by atoms with E-state index in [2.05, 4.69) is 14.9 Å². The molecule has 0 amide bonds. The van der Waals surface area contributed by atoms with Gasteiger partial charge in [0.1, 0.15) is 10.6 Å². The summed E-state index contributed by atoms with van der Waals surface area (Å²) in [5, 5.41) is 29.4. The summed E-state index contributed by atoms with van der Waals surface area (Å²) < 4.78 is 28.4. The zero-order chi connectivity index (χ0) is 23.6. The molecule has 166 valence electrons. The maximum atomic E-state index is 13.0. The summed E-state index contributed by atoms with van der Waals surface area (Å²) in [7, 11) is -4.20. The molecule has 3 aromatic rings. The second-order valence-corrected chi connectivity index (χ2v) is 9.65. The van der Waals surface area contributed by atoms with Crippen LogP contribution in [0.25, 0.3) is 10.9 Å². The summed E-state index contributed by atoms with van der Waals surface area (Å²) in [5.41, 5.74) is 6.72. The number of fused-ring (bicyclic) bond motifs is 1. The molecule has 2 aromatic carbocycles. The van der Waals surface area contributed by atoms with Crippen molar-refractivity contribution >= 4 is 61.7 Å². The predicted octanol–water partition coefficient (Wildman–Crippen LogP) is 3.98. The van der Waals surface area contributed by atoms with Gasteiger partial charge in [0.15, 0.2) is 0 Å². The van der Waals surface area contributed by atoms with Crippen LogP contribution in [0.4, 0.5) is 11.4 Å². The van der Waals surface area contributed by atoms with E-state index in [1.807, 2.05) is 30.3 Å². The average molecular weight is 479 g/mol. The molecule has 1 aliphatic carbocycles. The number of nitrogens with one attached hydrogen (secondary N) is 3. The Hall–Kier alpha value is -3.96. The van der Waals surface area contributed by atoms with E-state index in [-0.39, 0.29) is 22.0 Å². The van der Waals surface area contributed by atoms with Crippen LogP contribution in [0.2, 0.25) is 0 Å². The Kier molecular flexibility index (Phi) is 5.99. The van der Waals surface area contributed by atoms with Gasteiger partial charge in [-0.3, -0.25) is 15.1 Å². The number of sulfonamides is 1. The lowest BCUT2D eigenvalue weighted by Crippen LogP contribution is -2.28. The number of nitrogens with zero attached hydrogens (tertiary/aromatic N) is 2. The van der Waals surface area contributed by atoms with E-state index in [9.17, 15) is 13.6 Å². The second-order valence-electron chi connectivity index (χ2n) is 6.91. The number of anilines is 2. The van der Waals surface area contributed by atoms with Crippen LogP contribution in [0.3, 0.4) is 0 Å². The Bertz CT molecular complexity index is 1490. The summed E-state index contributed by atoms with van der Waals surface area (Å²) >= 11 is 1.23. The standard InChI is InChI=1S/C22H18N6O3S2/c23-12-14-11-15(6-7-16(14)24)28-33(30,31)19-9-8-17(20(25)22(19)27-29)32-18-5-1-3-13-4-2-10-26-21(13)18/h1-12,23,25,28-29H,24H2/b23-12?,25-20?,27-22-. The first kappa shape index (κ1) is 22.2. The van der Waals surface area contributed by atoms with Crippen molar-refractivity contribution in [1.82, 2.24) is 4.98 Å². The van der Waals surface area contributed by atoms with Gasteiger partial charge in [-0.2, -0.15) is 0 Å². The predicted molar refractivity (Wildman–Crippen MR) is 132 cm³/mol. The maximum Gasteiger partial charge on any atom is 0.264 e. The number of nitrogens with two attached hydrogens (primary N) is 1. The Labute approximate surface area is 193 Å². The minimum absolute atomic E-state index is 0.179. The number of thioether (sulfide) groups is 1. The molecule has 9 nitrogen and oxygen atoms in total. The number of rotatable bonds is 6. The number of hydrogen-bond acceptors (Lipinski definition) is 9. The summed E-state index contributed by atoms with van der Waals surface area (Å²) in [6.45, 7) is 0. The van der Waals surface area contributed by atoms with Gasteiger partial charge in [-0.25, -0.2) is 8.42 Å². The molecule has 0 radical (unpaired) electrons. The van der Waals surface area contributed by atoms with Gasteiger partial charge in [0.05, 0.1) is 11.2 Å². The molecule has 11 heteroatoms. The van der Waals surface area contributed by atoms with E-state index in [0.29, 0.717) is 16.2 Å². The number of aromatic nitrogens is 1. The van der Waals surface area contributed by atoms with Crippen LogP contribution in [0.15, 0.2) is 86.7 Å². The number of para-hydroxylation sites is 1. The SMILES string of the molecule is N=Cc1cc(NS(=O)(=O)C2=CC=C(Sc3cccc4cccnc34)C(=N)/C2=N\O)ccc1N. The minimum atomic E-state index is -4.20. The molecule has 1 aromatic heterocycles. The van der Waals surface area contributed by atoms with Crippen LogP contribution >= 0.6 is 11.8 Å². The van der Waals surface area contributed by atoms with Crippen LogP contribution in [0.5, 0.6) is 0 Å². The summed E-state index contributed by atoms with van der Waals surface area (Å²) in [4.78, 5) is 5.21. The van der Waals surface area contributed by atoms with Gasteiger partial charge in [0.25, 0.3) is 10.0 Å². The van der Waals surface area contributed by atoms with Crippen molar-refractivity contribution in [3.8, 4) is 0 Å². The van der Waals surface area contributed by atoms with Gasteiger partial charge in [-0.05, 0) is 42.5 Å². The Morgan fingerprint density at radius 2 is 1.94 bits per heavy atom. The van der Waals surface area contributed by atoms with Gasteiger partial charge in [0.2, 0.25) is 0 Å². The molecule has 1 aliphatic rings. The third kappa shape index (κ3) is 4.36. The number of oxime groups is 1. The molecule has 0 spiro atoms. The Balaban J connectivity index is 1.68. The molecule has 4 rings (SSSR count). The minimum Gasteiger partial charge on any atom is -0.410 e. The molecule has 33 heavy (non-hydrogen) atoms. The molecule has 1 heterocycles. The van der Waals surface area contributed by atoms with Crippen LogP contribution in [0.1, 0.15) is 5.56 Å². The Morgan fingerprint density at radius 3 is 2.70 bits per heavy atom. The molecule has 0 bridgehead atoms. The van der Waals surface area contributed by atoms with Gasteiger partial charge >= 0.3 is 0 Å². The van der Waals surface area contributed by atoms with Crippen LogP contribution in [-0.2, 0) is 10.0 Å². The fourth-order valence-electron chi connectivity index (χ4n) is 3.21. The van der Waals surface area contributed by atoms with E-state index < -0.39 is 10.0 Å². The molecular weight excluding hydrogens is 460 g/mol.